The van der Waals surface area contributed by atoms with Gasteiger partial charge in [-0.05, 0) is 38.1 Å². The molecule has 13 nitrogen and oxygen atoms in total. The Balaban J connectivity index is 1.76. The number of halogens is 1. The van der Waals surface area contributed by atoms with Gasteiger partial charge >= 0.3 is 6.09 Å². The first-order valence-electron chi connectivity index (χ1n) is 10.7. The summed E-state index contributed by atoms with van der Waals surface area (Å²) in [4.78, 5) is 37.4. The van der Waals surface area contributed by atoms with Crippen molar-refractivity contribution < 1.29 is 19.1 Å². The first-order chi connectivity index (χ1) is 17.7. The van der Waals surface area contributed by atoms with Gasteiger partial charge in [0.25, 0.3) is 5.91 Å². The summed E-state index contributed by atoms with van der Waals surface area (Å²) in [7, 11) is 0. The largest absolute Gasteiger partial charge is 0.465 e. The molecular formula is C23H21FN10O3. The number of allylic oxidation sites excluding steroid dienone is 1. The number of hydrogen-bond donors (Lipinski definition) is 5. The van der Waals surface area contributed by atoms with Gasteiger partial charge < -0.3 is 21.5 Å². The van der Waals surface area contributed by atoms with Crippen LogP contribution in [-0.2, 0) is 0 Å². The molecule has 2 amide bonds. The van der Waals surface area contributed by atoms with E-state index in [1.54, 1.807) is 31.2 Å². The molecule has 0 aromatic carbocycles. The van der Waals surface area contributed by atoms with Gasteiger partial charge in [0.2, 0.25) is 0 Å². The predicted octanol–water partition coefficient (Wildman–Crippen LogP) is 2.81. The number of nitrogens with two attached hydrogens (primary N) is 1. The minimum Gasteiger partial charge on any atom is -0.465 e. The molecule has 0 saturated carbocycles. The minimum atomic E-state index is -1.32. The van der Waals surface area contributed by atoms with E-state index in [0.717, 1.165) is 6.07 Å². The number of nitrogens with zero attached hydrogens (tertiary/aromatic N) is 6. The van der Waals surface area contributed by atoms with Crippen LogP contribution in [0.25, 0.3) is 11.4 Å². The number of primary amides is 1. The third-order valence-electron chi connectivity index (χ3n) is 5.03. The lowest BCUT2D eigenvalue weighted by atomic mass is 10.2. The van der Waals surface area contributed by atoms with Gasteiger partial charge in [0.1, 0.15) is 11.5 Å². The highest BCUT2D eigenvalue weighted by molar-refractivity contribution is 5.99. The Bertz CT molecular complexity index is 1490. The lowest BCUT2D eigenvalue weighted by molar-refractivity contribution is 0.100. The van der Waals surface area contributed by atoms with Crippen molar-refractivity contribution in [2.45, 2.75) is 13.8 Å². The number of nitrogens with one attached hydrogen (secondary N) is 3. The Labute approximate surface area is 209 Å². The van der Waals surface area contributed by atoms with Crippen molar-refractivity contribution in [1.82, 2.24) is 35.3 Å². The molecule has 4 heterocycles. The molecule has 14 heteroatoms. The van der Waals surface area contributed by atoms with Crippen molar-refractivity contribution >= 4 is 35.0 Å². The Morgan fingerprint density at radius 3 is 2.49 bits per heavy atom. The minimum absolute atomic E-state index is 0.0642. The number of amides is 2. The third-order valence-corrected chi connectivity index (χ3v) is 5.03. The lowest BCUT2D eigenvalue weighted by Crippen LogP contribution is -2.22. The van der Waals surface area contributed by atoms with E-state index in [9.17, 15) is 9.59 Å². The third kappa shape index (κ3) is 5.64. The van der Waals surface area contributed by atoms with Gasteiger partial charge in [0.05, 0.1) is 46.9 Å². The van der Waals surface area contributed by atoms with Gasteiger partial charge in [-0.15, -0.1) is 4.80 Å². The molecule has 0 aliphatic carbocycles. The molecule has 4 rings (SSSR count). The first-order valence-corrected chi connectivity index (χ1v) is 10.7. The Hall–Kier alpha value is -5.40. The van der Waals surface area contributed by atoms with E-state index in [1.165, 1.54) is 36.5 Å². The van der Waals surface area contributed by atoms with E-state index in [0.29, 0.717) is 22.8 Å². The molecule has 0 fully saturated rings. The molecule has 0 aliphatic rings. The van der Waals surface area contributed by atoms with Crippen molar-refractivity contribution in [3.63, 3.8) is 0 Å². The molecule has 0 aliphatic heterocycles. The summed E-state index contributed by atoms with van der Waals surface area (Å²) in [5.41, 5.74) is 7.46. The molecule has 0 spiro atoms. The number of carbonyl (C=O) groups excluding carboxylic acids is 1. The smallest absolute Gasteiger partial charge is 0.408 e. The van der Waals surface area contributed by atoms with E-state index >= 15 is 4.39 Å². The molecule has 0 unspecified atom stereocenters. The standard InChI is InChI=1S/C23H21FN10O3/c1-12-18(34-28-7-8-29-34)9-14(11-27-12)31-21-15(20(25)35)10-16(24)22(33-21)32-19(13(2)30-23(36)37)17-5-3-4-6-26-17/h3-11,30H,1-2H3,(H2,25,35)(H,36,37)(H2,31,32,33)/b19-13+. The summed E-state index contributed by atoms with van der Waals surface area (Å²) < 4.78 is 15.1. The number of aromatic nitrogens is 6. The highest BCUT2D eigenvalue weighted by Crippen LogP contribution is 2.27. The number of anilines is 3. The fraction of sp³-hybridized carbons (Fsp3) is 0.0870. The van der Waals surface area contributed by atoms with Crippen LogP contribution in [0.3, 0.4) is 0 Å². The topological polar surface area (TPSA) is 186 Å². The molecule has 4 aromatic rings. The van der Waals surface area contributed by atoms with E-state index in [4.69, 9.17) is 10.8 Å². The molecule has 0 atom stereocenters. The van der Waals surface area contributed by atoms with Gasteiger partial charge in [0.15, 0.2) is 11.6 Å². The SMILES string of the molecule is C/C(NC(=O)O)=C(\Nc1nc(Nc2cnc(C)c(-n3nccn3)c2)c(C(N)=O)cc1F)c1ccccn1. The second kappa shape index (κ2) is 10.5. The molecule has 4 aromatic heterocycles. The highest BCUT2D eigenvalue weighted by atomic mass is 19.1. The van der Waals surface area contributed by atoms with E-state index in [2.05, 4.69) is 41.1 Å². The van der Waals surface area contributed by atoms with Crippen LogP contribution in [-0.4, -0.2) is 47.1 Å². The lowest BCUT2D eigenvalue weighted by Gasteiger charge is -2.17. The fourth-order valence-electron chi connectivity index (χ4n) is 3.33. The summed E-state index contributed by atoms with van der Waals surface area (Å²) >= 11 is 0. The summed E-state index contributed by atoms with van der Waals surface area (Å²) in [5, 5.41) is 25.3. The van der Waals surface area contributed by atoms with Crippen LogP contribution < -0.4 is 21.7 Å². The zero-order valence-electron chi connectivity index (χ0n) is 19.6. The number of aryl methyl sites for hydroxylation is 1. The maximum Gasteiger partial charge on any atom is 0.408 e. The molecular weight excluding hydrogens is 483 g/mol. The second-order valence-corrected chi connectivity index (χ2v) is 7.62. The van der Waals surface area contributed by atoms with Gasteiger partial charge in [-0.25, -0.2) is 14.2 Å². The molecule has 0 bridgehead atoms. The zero-order chi connectivity index (χ0) is 26.5. The van der Waals surface area contributed by atoms with Crippen molar-refractivity contribution in [1.29, 1.82) is 0 Å². The first kappa shape index (κ1) is 24.7. The van der Waals surface area contributed by atoms with Crippen LogP contribution in [0.2, 0.25) is 0 Å². The van der Waals surface area contributed by atoms with Crippen molar-refractivity contribution in [2.75, 3.05) is 10.6 Å². The summed E-state index contributed by atoms with van der Waals surface area (Å²) in [5.74, 6) is -2.20. The molecule has 37 heavy (non-hydrogen) atoms. The Morgan fingerprint density at radius 1 is 1.08 bits per heavy atom. The van der Waals surface area contributed by atoms with Crippen molar-refractivity contribution in [3.8, 4) is 5.69 Å². The van der Waals surface area contributed by atoms with Crippen LogP contribution in [0, 0.1) is 12.7 Å². The van der Waals surface area contributed by atoms with Gasteiger partial charge in [0, 0.05) is 11.9 Å². The maximum absolute atomic E-state index is 15.1. The van der Waals surface area contributed by atoms with Gasteiger partial charge in [-0.2, -0.15) is 10.2 Å². The number of carboxylic acid groups (broad SMARTS) is 1. The second-order valence-electron chi connectivity index (χ2n) is 7.62. The fourth-order valence-corrected chi connectivity index (χ4v) is 3.33. The van der Waals surface area contributed by atoms with E-state index in [-0.39, 0.29) is 28.6 Å². The van der Waals surface area contributed by atoms with E-state index in [1.807, 2.05) is 0 Å². The van der Waals surface area contributed by atoms with Crippen LogP contribution in [0.15, 0.2) is 60.8 Å². The van der Waals surface area contributed by atoms with Crippen molar-refractivity contribution in [2.24, 2.45) is 5.73 Å². The zero-order valence-corrected chi connectivity index (χ0v) is 19.6. The average molecular weight is 504 g/mol. The van der Waals surface area contributed by atoms with Gasteiger partial charge in [-0.3, -0.25) is 20.1 Å². The summed E-state index contributed by atoms with van der Waals surface area (Å²) in [6, 6.07) is 7.56. The van der Waals surface area contributed by atoms with Crippen LogP contribution in [0.4, 0.5) is 26.5 Å². The highest BCUT2D eigenvalue weighted by Gasteiger charge is 2.19. The molecule has 188 valence electrons. The number of hydrogen-bond acceptors (Lipinski definition) is 9. The predicted molar refractivity (Wildman–Crippen MR) is 132 cm³/mol. The van der Waals surface area contributed by atoms with Crippen LogP contribution in [0.1, 0.15) is 28.7 Å². The quantitative estimate of drug-likeness (QED) is 0.239. The number of carbonyl (C=O) groups is 2. The van der Waals surface area contributed by atoms with Crippen molar-refractivity contribution in [3.05, 3.63) is 83.6 Å². The average Bonchev–Trinajstić information content (AvgIpc) is 3.40. The Morgan fingerprint density at radius 2 is 1.84 bits per heavy atom. The normalized spacial score (nSPS) is 11.4. The molecule has 0 saturated heterocycles. The monoisotopic (exact) mass is 504 g/mol. The molecule has 0 radical (unpaired) electrons. The van der Waals surface area contributed by atoms with Crippen LogP contribution in [0.5, 0.6) is 0 Å². The molecule has 6 N–H and O–H groups in total. The summed E-state index contributed by atoms with van der Waals surface area (Å²) in [6.07, 6.45) is 4.69. The van der Waals surface area contributed by atoms with Crippen LogP contribution >= 0.6 is 0 Å². The summed E-state index contributed by atoms with van der Waals surface area (Å²) in [6.45, 7) is 3.25. The number of pyridine rings is 3. The number of rotatable bonds is 8. The Kier molecular flexibility index (Phi) is 6.99. The van der Waals surface area contributed by atoms with E-state index < -0.39 is 17.8 Å². The van der Waals surface area contributed by atoms with Gasteiger partial charge in [-0.1, -0.05) is 6.07 Å². The maximum atomic E-state index is 15.1.